The Morgan fingerprint density at radius 3 is 1.44 bits per heavy atom. The molecule has 0 unspecified atom stereocenters. The first kappa shape index (κ1) is 19.4. The highest BCUT2D eigenvalue weighted by Crippen LogP contribution is 2.65. The average molecular weight is 329 g/mol. The Morgan fingerprint density at radius 1 is 0.667 bits per heavy atom. The lowest BCUT2D eigenvalue weighted by atomic mass is 10.2. The number of hydrogen-bond acceptors (Lipinski definition) is 2. The van der Waals surface area contributed by atoms with E-state index < -0.39 is 0 Å². The monoisotopic (exact) mass is 328 g/mol. The Balaban J connectivity index is 3.10. The summed E-state index contributed by atoms with van der Waals surface area (Å²) in [5.41, 5.74) is -0.324. The second-order valence-electron chi connectivity index (χ2n) is 4.71. The van der Waals surface area contributed by atoms with Gasteiger partial charge in [-0.2, -0.15) is 0 Å². The molecule has 0 bridgehead atoms. The molecule has 0 aliphatic heterocycles. The molecule has 0 spiro atoms. The molecule has 0 fully saturated rings. The highest BCUT2D eigenvalue weighted by Gasteiger charge is 2.05. The van der Waals surface area contributed by atoms with Crippen LogP contribution in [-0.4, -0.2) is 11.5 Å². The first-order chi connectivity index (χ1) is 8.81. The van der Waals surface area contributed by atoms with Gasteiger partial charge in [0.25, 0.3) is 0 Å². The van der Waals surface area contributed by atoms with Gasteiger partial charge >= 0.3 is 0 Å². The molecular weight excluding hydrogens is 299 g/mol. The van der Waals surface area contributed by atoms with Crippen LogP contribution in [0.15, 0.2) is 0 Å². The van der Waals surface area contributed by atoms with Crippen molar-refractivity contribution >= 4 is 39.7 Å². The summed E-state index contributed by atoms with van der Waals surface area (Å²) in [5.74, 6) is 2.53. The fourth-order valence-corrected chi connectivity index (χ4v) is 7.86. The molecule has 0 atom stereocenters. The highest BCUT2D eigenvalue weighted by atomic mass is 35.7. The summed E-state index contributed by atoms with van der Waals surface area (Å²) in [5, 5.41) is 0. The van der Waals surface area contributed by atoms with Gasteiger partial charge in [-0.15, -0.1) is 22.8 Å². The molecule has 4 heteroatoms. The summed E-state index contributed by atoms with van der Waals surface area (Å²) >= 11 is 10.3. The van der Waals surface area contributed by atoms with Crippen LogP contribution in [-0.2, 0) is 0 Å². The molecule has 0 radical (unpaired) electrons. The maximum absolute atomic E-state index is 6.35. The van der Waals surface area contributed by atoms with Crippen molar-refractivity contribution < 1.29 is 0 Å². The lowest BCUT2D eigenvalue weighted by Crippen LogP contribution is -1.81. The van der Waals surface area contributed by atoms with Crippen molar-refractivity contribution in [2.75, 3.05) is 11.5 Å². The Hall–Kier alpha value is 1.42. The fraction of sp³-hybridized carbons (Fsp3) is 1.00. The first-order valence-electron chi connectivity index (χ1n) is 7.53. The van der Waals surface area contributed by atoms with E-state index in [2.05, 4.69) is 13.8 Å². The molecule has 0 rings (SSSR count). The summed E-state index contributed by atoms with van der Waals surface area (Å²) < 4.78 is 0. The molecule has 0 saturated carbocycles. The second-order valence-corrected chi connectivity index (χ2v) is 13.1. The van der Waals surface area contributed by atoms with Crippen LogP contribution in [0.25, 0.3) is 0 Å². The van der Waals surface area contributed by atoms with E-state index in [0.29, 0.717) is 0 Å². The predicted molar refractivity (Wildman–Crippen MR) is 95.2 cm³/mol. The zero-order valence-electron chi connectivity index (χ0n) is 12.1. The van der Waals surface area contributed by atoms with Crippen molar-refractivity contribution in [3.63, 3.8) is 0 Å². The molecular formula is C14H30ClPS2. The van der Waals surface area contributed by atoms with Gasteiger partial charge in [-0.1, -0.05) is 76.5 Å². The van der Waals surface area contributed by atoms with Crippen LogP contribution < -0.4 is 0 Å². The van der Waals surface area contributed by atoms with Crippen LogP contribution in [0.5, 0.6) is 0 Å². The minimum absolute atomic E-state index is 0.324. The maximum atomic E-state index is 6.35. The van der Waals surface area contributed by atoms with Crippen LogP contribution in [0, 0.1) is 0 Å². The third-order valence-corrected chi connectivity index (χ3v) is 10.2. The quantitative estimate of drug-likeness (QED) is 0.235. The molecule has 0 aliphatic rings. The topological polar surface area (TPSA) is 0 Å². The van der Waals surface area contributed by atoms with Gasteiger partial charge in [0.05, 0.1) is 0 Å². The second kappa shape index (κ2) is 16.5. The van der Waals surface area contributed by atoms with Crippen molar-refractivity contribution in [2.45, 2.75) is 78.1 Å². The summed E-state index contributed by atoms with van der Waals surface area (Å²) in [7, 11) is 0. The maximum Gasteiger partial charge on any atom is 0.109 e. The predicted octanol–water partition coefficient (Wildman–Crippen LogP) is 7.86. The van der Waals surface area contributed by atoms with E-state index in [-0.39, 0.29) is 5.68 Å². The van der Waals surface area contributed by atoms with Crippen molar-refractivity contribution in [1.82, 2.24) is 0 Å². The molecule has 0 aromatic rings. The van der Waals surface area contributed by atoms with Crippen LogP contribution in [0.2, 0.25) is 0 Å². The van der Waals surface area contributed by atoms with E-state index >= 15 is 0 Å². The summed E-state index contributed by atoms with van der Waals surface area (Å²) in [6.07, 6.45) is 13.8. The Morgan fingerprint density at radius 2 is 1.06 bits per heavy atom. The SMILES string of the molecule is CCCCCCCSP(Cl)SCCCCCCC. The Kier molecular flexibility index (Phi) is 17.8. The lowest BCUT2D eigenvalue weighted by molar-refractivity contribution is 0.659. The van der Waals surface area contributed by atoms with Gasteiger partial charge in [-0.05, 0) is 24.3 Å². The van der Waals surface area contributed by atoms with E-state index in [1.165, 1.54) is 75.7 Å². The third-order valence-electron chi connectivity index (χ3n) is 2.88. The molecule has 0 aliphatic carbocycles. The molecule has 0 saturated heterocycles. The summed E-state index contributed by atoms with van der Waals surface area (Å²) in [6.45, 7) is 4.54. The molecule has 0 aromatic carbocycles. The van der Waals surface area contributed by atoms with E-state index in [0.717, 1.165) is 0 Å². The van der Waals surface area contributed by atoms with Gasteiger partial charge < -0.3 is 0 Å². The first-order valence-corrected chi connectivity index (χ1v) is 13.0. The Bertz CT molecular complexity index is 143. The molecule has 18 heavy (non-hydrogen) atoms. The van der Waals surface area contributed by atoms with Gasteiger partial charge in [0.2, 0.25) is 0 Å². The van der Waals surface area contributed by atoms with Gasteiger partial charge in [0.15, 0.2) is 0 Å². The van der Waals surface area contributed by atoms with E-state index in [9.17, 15) is 0 Å². The zero-order valence-corrected chi connectivity index (χ0v) is 15.4. The minimum atomic E-state index is -0.324. The van der Waals surface area contributed by atoms with Crippen molar-refractivity contribution in [2.24, 2.45) is 0 Å². The summed E-state index contributed by atoms with van der Waals surface area (Å²) in [4.78, 5) is 0. The minimum Gasteiger partial charge on any atom is -0.107 e. The van der Waals surface area contributed by atoms with Crippen molar-refractivity contribution in [1.29, 1.82) is 0 Å². The van der Waals surface area contributed by atoms with Crippen molar-refractivity contribution in [3.05, 3.63) is 0 Å². The van der Waals surface area contributed by atoms with Gasteiger partial charge in [-0.25, -0.2) is 0 Å². The molecule has 0 aromatic heterocycles. The van der Waals surface area contributed by atoms with Crippen LogP contribution in [0.1, 0.15) is 78.1 Å². The van der Waals surface area contributed by atoms with Crippen LogP contribution >= 0.6 is 39.7 Å². The number of halogens is 1. The standard InChI is InChI=1S/C14H30ClPS2/c1-3-5-7-9-11-13-17-16(15)18-14-12-10-8-6-4-2/h3-14H2,1-2H3. The molecule has 0 amide bonds. The average Bonchev–Trinajstić information content (AvgIpc) is 2.38. The normalized spacial score (nSPS) is 11.3. The number of unbranched alkanes of at least 4 members (excludes halogenated alkanes) is 8. The molecule has 0 N–H and O–H groups in total. The number of rotatable bonds is 14. The zero-order chi connectivity index (χ0) is 13.5. The molecule has 0 heterocycles. The van der Waals surface area contributed by atoms with Gasteiger partial charge in [0.1, 0.15) is 5.68 Å². The number of hydrogen-bond donors (Lipinski definition) is 0. The molecule has 110 valence electrons. The van der Waals surface area contributed by atoms with Gasteiger partial charge in [0, 0.05) is 0 Å². The molecule has 0 nitrogen and oxygen atoms in total. The third kappa shape index (κ3) is 15.5. The highest BCUT2D eigenvalue weighted by molar-refractivity contribution is 8.94. The smallest absolute Gasteiger partial charge is 0.107 e. The van der Waals surface area contributed by atoms with E-state index in [1.807, 2.05) is 22.8 Å². The van der Waals surface area contributed by atoms with Crippen molar-refractivity contribution in [3.8, 4) is 0 Å². The van der Waals surface area contributed by atoms with Gasteiger partial charge in [-0.3, -0.25) is 0 Å². The largest absolute Gasteiger partial charge is 0.109 e. The lowest BCUT2D eigenvalue weighted by Gasteiger charge is -2.08. The Labute approximate surface area is 129 Å². The fourth-order valence-electron chi connectivity index (χ4n) is 1.72. The summed E-state index contributed by atoms with van der Waals surface area (Å²) in [6, 6.07) is 0. The van der Waals surface area contributed by atoms with E-state index in [1.54, 1.807) is 0 Å². The van der Waals surface area contributed by atoms with Crippen LogP contribution in [0.4, 0.5) is 0 Å². The van der Waals surface area contributed by atoms with Crippen LogP contribution in [0.3, 0.4) is 0 Å². The van der Waals surface area contributed by atoms with E-state index in [4.69, 9.17) is 11.2 Å².